The third-order valence-electron chi connectivity index (χ3n) is 5.92. The molecule has 0 amide bonds. The number of anilines is 1. The number of halogens is 1. The van der Waals surface area contributed by atoms with Gasteiger partial charge in [-0.25, -0.2) is 23.4 Å². The maximum Gasteiger partial charge on any atom is 0.243 e. The van der Waals surface area contributed by atoms with Crippen LogP contribution in [-0.4, -0.2) is 64.7 Å². The monoisotopic (exact) mass is 543 g/mol. The van der Waals surface area contributed by atoms with Gasteiger partial charge >= 0.3 is 0 Å². The fourth-order valence-electron chi connectivity index (χ4n) is 3.70. The normalized spacial score (nSPS) is 13.0. The number of sulfonamides is 1. The second kappa shape index (κ2) is 11.0. The van der Waals surface area contributed by atoms with E-state index in [9.17, 15) is 12.8 Å². The Bertz CT molecular complexity index is 1520. The predicted molar refractivity (Wildman–Crippen MR) is 137 cm³/mol. The minimum absolute atomic E-state index is 0.0528. The maximum absolute atomic E-state index is 13.7. The topological polar surface area (TPSA) is 143 Å². The van der Waals surface area contributed by atoms with Crippen molar-refractivity contribution in [3.8, 4) is 34.6 Å². The molecule has 12 nitrogen and oxygen atoms in total. The first-order valence-corrected chi connectivity index (χ1v) is 12.9. The molecule has 1 N–H and O–H groups in total. The number of nitrogens with zero attached hydrogens (tertiary/aromatic N) is 6. The molecule has 0 aliphatic rings. The van der Waals surface area contributed by atoms with E-state index < -0.39 is 27.1 Å². The molecule has 0 radical (unpaired) electrons. The number of para-hydroxylation sites is 1. The Morgan fingerprint density at radius 3 is 2.24 bits per heavy atom. The zero-order valence-electron chi connectivity index (χ0n) is 21.3. The van der Waals surface area contributed by atoms with Crippen LogP contribution in [0.3, 0.4) is 0 Å². The molecule has 0 unspecified atom stereocenters. The molecular formula is C24H26FN7O5S. The molecule has 0 aliphatic heterocycles. The number of rotatable bonds is 10. The molecule has 0 saturated carbocycles. The molecule has 14 heteroatoms. The summed E-state index contributed by atoms with van der Waals surface area (Å²) in [4.78, 5) is 12.2. The second-order valence-corrected chi connectivity index (χ2v) is 10.2. The minimum atomic E-state index is -4.13. The summed E-state index contributed by atoms with van der Waals surface area (Å²) in [5, 5.41) is 7.28. The summed E-state index contributed by atoms with van der Waals surface area (Å²) in [6, 6.07) is 11.2. The van der Waals surface area contributed by atoms with Gasteiger partial charge in [0.15, 0.2) is 5.82 Å². The largest absolute Gasteiger partial charge is 0.494 e. The van der Waals surface area contributed by atoms with Crippen LogP contribution in [-0.2, 0) is 10.0 Å². The first-order chi connectivity index (χ1) is 18.2. The molecule has 0 bridgehead atoms. The van der Waals surface area contributed by atoms with Crippen LogP contribution in [0.15, 0.2) is 48.7 Å². The predicted octanol–water partition coefficient (Wildman–Crippen LogP) is 3.22. The summed E-state index contributed by atoms with van der Waals surface area (Å²) >= 11 is 0. The van der Waals surface area contributed by atoms with E-state index in [2.05, 4.69) is 29.9 Å². The zero-order chi connectivity index (χ0) is 27.4. The number of aromatic nitrogens is 6. The average Bonchev–Trinajstić information content (AvgIpc) is 3.33. The lowest BCUT2D eigenvalue weighted by molar-refractivity contribution is 0.391. The van der Waals surface area contributed by atoms with Gasteiger partial charge in [-0.1, -0.05) is 19.1 Å². The Morgan fingerprint density at radius 1 is 0.921 bits per heavy atom. The van der Waals surface area contributed by atoms with Crippen LogP contribution in [0.5, 0.6) is 17.4 Å². The van der Waals surface area contributed by atoms with Crippen LogP contribution in [0.25, 0.3) is 17.2 Å². The molecule has 2 atom stereocenters. The Kier molecular flexibility index (Phi) is 7.71. The highest BCUT2D eigenvalue weighted by Crippen LogP contribution is 2.38. The highest BCUT2D eigenvalue weighted by atomic mass is 32.2. The average molecular weight is 544 g/mol. The van der Waals surface area contributed by atoms with Crippen LogP contribution in [0.1, 0.15) is 25.6 Å². The first-order valence-electron chi connectivity index (χ1n) is 11.4. The second-order valence-electron chi connectivity index (χ2n) is 8.14. The molecule has 4 rings (SSSR count). The van der Waals surface area contributed by atoms with Crippen molar-refractivity contribution in [1.29, 1.82) is 0 Å². The summed E-state index contributed by atoms with van der Waals surface area (Å²) in [6.07, 6.45) is 1.24. The Morgan fingerprint density at radius 2 is 1.61 bits per heavy atom. The van der Waals surface area contributed by atoms with Gasteiger partial charge in [0.1, 0.15) is 28.7 Å². The van der Waals surface area contributed by atoms with Crippen molar-refractivity contribution in [3.63, 3.8) is 0 Å². The Labute approximate surface area is 218 Å². The molecule has 4 aromatic rings. The third kappa shape index (κ3) is 5.20. The van der Waals surface area contributed by atoms with E-state index in [1.165, 1.54) is 39.0 Å². The van der Waals surface area contributed by atoms with Crippen molar-refractivity contribution < 1.29 is 27.0 Å². The van der Waals surface area contributed by atoms with Gasteiger partial charge in [-0.2, -0.15) is 4.39 Å². The fourth-order valence-corrected chi connectivity index (χ4v) is 4.93. The van der Waals surface area contributed by atoms with Crippen LogP contribution < -0.4 is 18.9 Å². The van der Waals surface area contributed by atoms with E-state index in [-0.39, 0.29) is 17.6 Å². The SMILES string of the molecule is COc1cccc(-c2nnc(NS(=O)(=O)[C@@H](C)[C@H](C)c3nccc(F)n3)n2-c2c(OC)cccc2OC)n1. The van der Waals surface area contributed by atoms with E-state index in [0.717, 1.165) is 6.07 Å². The number of hydrogen-bond donors (Lipinski definition) is 1. The van der Waals surface area contributed by atoms with E-state index in [0.29, 0.717) is 28.8 Å². The molecule has 3 aromatic heterocycles. The van der Waals surface area contributed by atoms with Gasteiger partial charge in [0.2, 0.25) is 27.8 Å². The van der Waals surface area contributed by atoms with Crippen molar-refractivity contribution in [2.45, 2.75) is 25.0 Å². The summed E-state index contributed by atoms with van der Waals surface area (Å²) < 4.78 is 61.0. The van der Waals surface area contributed by atoms with Crippen molar-refractivity contribution >= 4 is 16.0 Å². The highest BCUT2D eigenvalue weighted by Gasteiger charge is 2.32. The van der Waals surface area contributed by atoms with Crippen molar-refractivity contribution in [1.82, 2.24) is 29.7 Å². The molecule has 0 fully saturated rings. The van der Waals surface area contributed by atoms with Crippen molar-refractivity contribution in [3.05, 3.63) is 60.4 Å². The van der Waals surface area contributed by atoms with Gasteiger partial charge in [-0.15, -0.1) is 10.2 Å². The van der Waals surface area contributed by atoms with Crippen LogP contribution >= 0.6 is 0 Å². The van der Waals surface area contributed by atoms with E-state index >= 15 is 0 Å². The van der Waals surface area contributed by atoms with Gasteiger partial charge in [0.25, 0.3) is 0 Å². The first kappa shape index (κ1) is 26.7. The van der Waals surface area contributed by atoms with Crippen molar-refractivity contribution in [2.75, 3.05) is 26.1 Å². The van der Waals surface area contributed by atoms with Gasteiger partial charge in [0.05, 0.1) is 26.6 Å². The number of methoxy groups -OCH3 is 3. The maximum atomic E-state index is 13.7. The van der Waals surface area contributed by atoms with Crippen molar-refractivity contribution in [2.24, 2.45) is 0 Å². The summed E-state index contributed by atoms with van der Waals surface area (Å²) in [7, 11) is 0.291. The summed E-state index contributed by atoms with van der Waals surface area (Å²) in [5.41, 5.74) is 0.693. The Hall–Kier alpha value is -4.33. The number of ether oxygens (including phenoxy) is 3. The van der Waals surface area contributed by atoms with Crippen LogP contribution in [0, 0.1) is 5.95 Å². The zero-order valence-corrected chi connectivity index (χ0v) is 22.1. The van der Waals surface area contributed by atoms with Gasteiger partial charge in [0, 0.05) is 24.2 Å². The number of pyridine rings is 1. The van der Waals surface area contributed by atoms with Gasteiger partial charge < -0.3 is 14.2 Å². The molecule has 0 aliphatic carbocycles. The molecule has 3 heterocycles. The number of benzene rings is 1. The molecule has 200 valence electrons. The summed E-state index contributed by atoms with van der Waals surface area (Å²) in [6.45, 7) is 3.06. The van der Waals surface area contributed by atoms with E-state index in [4.69, 9.17) is 14.2 Å². The quantitative estimate of drug-likeness (QED) is 0.296. The molecule has 38 heavy (non-hydrogen) atoms. The molecular weight excluding hydrogens is 517 g/mol. The molecule has 0 saturated heterocycles. The van der Waals surface area contributed by atoms with E-state index in [1.807, 2.05) is 0 Å². The molecule has 0 spiro atoms. The lowest BCUT2D eigenvalue weighted by atomic mass is 10.1. The number of nitrogens with one attached hydrogen (secondary N) is 1. The molecule has 1 aromatic carbocycles. The Balaban J connectivity index is 1.85. The smallest absolute Gasteiger partial charge is 0.243 e. The third-order valence-corrected chi connectivity index (χ3v) is 7.78. The highest BCUT2D eigenvalue weighted by molar-refractivity contribution is 7.93. The fraction of sp³-hybridized carbons (Fsp3) is 0.292. The lowest BCUT2D eigenvalue weighted by Gasteiger charge is -2.21. The van der Waals surface area contributed by atoms with Crippen LogP contribution in [0.4, 0.5) is 10.3 Å². The van der Waals surface area contributed by atoms with Gasteiger partial charge in [-0.3, -0.25) is 9.29 Å². The standard InChI is InChI=1S/C24H26FN7O5S/c1-14(22-26-13-12-19(25)28-22)15(2)38(33,34)31-24-30-29-23(16-8-6-11-20(27-16)37-5)32(24)21-17(35-3)9-7-10-18(21)36-4/h6-15H,1-5H3,(H,30,31)/t14-,15-/m0/s1. The lowest BCUT2D eigenvalue weighted by Crippen LogP contribution is -2.31. The minimum Gasteiger partial charge on any atom is -0.494 e. The summed E-state index contributed by atoms with van der Waals surface area (Å²) in [5.74, 6) is -0.352. The van der Waals surface area contributed by atoms with E-state index in [1.54, 1.807) is 43.3 Å². The van der Waals surface area contributed by atoms with Crippen LogP contribution in [0.2, 0.25) is 0 Å². The van der Waals surface area contributed by atoms with Gasteiger partial charge in [-0.05, 0) is 25.1 Å². The number of hydrogen-bond acceptors (Lipinski definition) is 10.